The van der Waals surface area contributed by atoms with Gasteiger partial charge in [-0.3, -0.25) is 4.68 Å². The van der Waals surface area contributed by atoms with Crippen LogP contribution in [-0.2, 0) is 33.9 Å². The number of hydrogen-bond donors (Lipinski definition) is 0. The van der Waals surface area contributed by atoms with Gasteiger partial charge in [0.1, 0.15) is 5.82 Å². The molecule has 2 fully saturated rings. The molecule has 5 nitrogen and oxygen atoms in total. The third-order valence-electron chi connectivity index (χ3n) is 12.3. The smallest absolute Gasteiger partial charge is 0.509 e. The van der Waals surface area contributed by atoms with Crippen molar-refractivity contribution in [3.63, 3.8) is 0 Å². The van der Waals surface area contributed by atoms with E-state index in [1.165, 1.54) is 92.3 Å². The summed E-state index contributed by atoms with van der Waals surface area (Å²) < 4.78 is 11.0. The summed E-state index contributed by atoms with van der Waals surface area (Å²) in [5.41, 5.74) is 14.0. The van der Waals surface area contributed by atoms with Crippen molar-refractivity contribution in [2.45, 2.75) is 117 Å². The predicted octanol–water partition coefficient (Wildman–Crippen LogP) is 13.3. The van der Waals surface area contributed by atoms with Gasteiger partial charge in [0, 0.05) is 34.5 Å². The first-order chi connectivity index (χ1) is 27.0. The minimum absolute atomic E-state index is 0. The van der Waals surface area contributed by atoms with Crippen LogP contribution in [0.4, 0.5) is 0 Å². The average molecular weight is 920 g/mol. The number of pyridine rings is 1. The molecule has 6 heteroatoms. The van der Waals surface area contributed by atoms with E-state index in [1.54, 1.807) is 11.1 Å². The van der Waals surface area contributed by atoms with Gasteiger partial charge >= 0.3 is 21.1 Å². The summed E-state index contributed by atoms with van der Waals surface area (Å²) in [5.74, 6) is 3.37. The van der Waals surface area contributed by atoms with Gasteiger partial charge in [-0.1, -0.05) is 93.8 Å². The Kier molecular flexibility index (Phi) is 11.4. The number of aryl methyl sites for hydroxylation is 3. The zero-order chi connectivity index (χ0) is 37.5. The molecule has 3 aromatic heterocycles. The van der Waals surface area contributed by atoms with Gasteiger partial charge in [0.25, 0.3) is 0 Å². The summed E-state index contributed by atoms with van der Waals surface area (Å²) in [6.07, 6.45) is 16.8. The zero-order valence-corrected chi connectivity index (χ0v) is 35.5. The maximum absolute atomic E-state index is 6.60. The summed E-state index contributed by atoms with van der Waals surface area (Å²) >= 11 is 0. The molecule has 0 saturated heterocycles. The van der Waals surface area contributed by atoms with Crippen molar-refractivity contribution >= 4 is 21.8 Å². The second-order valence-electron chi connectivity index (χ2n) is 16.0. The van der Waals surface area contributed by atoms with Crippen LogP contribution in [0.3, 0.4) is 0 Å². The van der Waals surface area contributed by atoms with Crippen LogP contribution in [-0.4, -0.2) is 19.3 Å². The molecule has 56 heavy (non-hydrogen) atoms. The van der Waals surface area contributed by atoms with E-state index in [4.69, 9.17) is 14.8 Å². The van der Waals surface area contributed by atoms with Crippen LogP contribution in [0.5, 0.6) is 11.5 Å². The van der Waals surface area contributed by atoms with Crippen molar-refractivity contribution in [1.82, 2.24) is 19.3 Å². The molecule has 2 aliphatic rings. The van der Waals surface area contributed by atoms with Gasteiger partial charge in [-0.25, -0.2) is 4.98 Å². The van der Waals surface area contributed by atoms with Crippen LogP contribution in [0.2, 0.25) is 0 Å². The van der Waals surface area contributed by atoms with Crippen LogP contribution in [0, 0.1) is 26.0 Å². The van der Waals surface area contributed by atoms with Crippen molar-refractivity contribution in [1.29, 1.82) is 0 Å². The molecule has 288 valence electrons. The largest absolute Gasteiger partial charge is 2.00 e. The van der Waals surface area contributed by atoms with Gasteiger partial charge < -0.3 is 9.30 Å². The number of para-hydroxylation sites is 1. The number of hydrogen-bond acceptors (Lipinski definition) is 3. The first-order valence-electron chi connectivity index (χ1n) is 20.8. The van der Waals surface area contributed by atoms with Gasteiger partial charge in [-0.15, -0.1) is 35.7 Å². The van der Waals surface area contributed by atoms with Gasteiger partial charge in [-0.2, -0.15) is 17.2 Å². The van der Waals surface area contributed by atoms with E-state index in [0.717, 1.165) is 51.7 Å². The summed E-state index contributed by atoms with van der Waals surface area (Å²) in [6.45, 7) is 8.98. The van der Waals surface area contributed by atoms with Crippen LogP contribution >= 0.6 is 0 Å². The second-order valence-corrected chi connectivity index (χ2v) is 16.0. The van der Waals surface area contributed by atoms with Crippen LogP contribution in [0.25, 0.3) is 44.4 Å². The first-order valence-corrected chi connectivity index (χ1v) is 20.8. The number of nitrogens with zero attached hydrogens (tertiary/aromatic N) is 4. The maximum Gasteiger partial charge on any atom is 2.00 e. The van der Waals surface area contributed by atoms with Crippen LogP contribution in [0.15, 0.2) is 85.1 Å². The van der Waals surface area contributed by atoms with Gasteiger partial charge in [0.05, 0.1) is 5.69 Å². The molecule has 3 heterocycles. The number of benzene rings is 4. The number of aromatic nitrogens is 4. The molecule has 2 saturated carbocycles. The molecule has 0 radical (unpaired) electrons. The van der Waals surface area contributed by atoms with E-state index in [1.807, 2.05) is 24.4 Å². The third kappa shape index (κ3) is 7.17. The van der Waals surface area contributed by atoms with E-state index >= 15 is 0 Å². The fraction of sp³-hybridized carbons (Fsp3) is 0.360. The van der Waals surface area contributed by atoms with E-state index < -0.39 is 0 Å². The molecule has 0 atom stereocenters. The summed E-state index contributed by atoms with van der Waals surface area (Å²) in [6, 6.07) is 35.3. The minimum Gasteiger partial charge on any atom is -0.509 e. The Morgan fingerprint density at radius 3 is 2.05 bits per heavy atom. The minimum atomic E-state index is 0. The van der Waals surface area contributed by atoms with Gasteiger partial charge in [0.2, 0.25) is 0 Å². The normalized spacial score (nSPS) is 15.4. The quantitative estimate of drug-likeness (QED) is 0.136. The Labute approximate surface area is 346 Å². The topological polar surface area (TPSA) is 44.9 Å². The molecule has 0 aliphatic heterocycles. The standard InChI is InChI=1S/C50H52N4O.Pt/c1-5-44-50(49-42(35-16-9-7-10-17-35)28-34(4)29-43(49)36-18-11-8-12-19-36)45(6-2)54(52-44)37-20-15-21-38(31-37)55-39-24-25-41-40-22-13-14-23-46(40)53(47(41)32-39)48-30-33(3)26-27-51-48;/h13-15,20-30,35-36H,5-12,16-19H2,1-4H3;/q-2;+2. The Bertz CT molecular complexity index is 2460. The third-order valence-corrected chi connectivity index (χ3v) is 12.3. The van der Waals surface area contributed by atoms with E-state index in [-0.39, 0.29) is 21.1 Å². The predicted molar refractivity (Wildman–Crippen MR) is 225 cm³/mol. The number of fused-ring (bicyclic) bond motifs is 3. The van der Waals surface area contributed by atoms with Crippen LogP contribution in [0.1, 0.15) is 124 Å². The molecule has 0 unspecified atom stereocenters. The monoisotopic (exact) mass is 919 g/mol. The van der Waals surface area contributed by atoms with E-state index in [0.29, 0.717) is 23.3 Å². The summed E-state index contributed by atoms with van der Waals surface area (Å²) in [7, 11) is 0. The second kappa shape index (κ2) is 16.6. The van der Waals surface area contributed by atoms with Crippen molar-refractivity contribution in [2.24, 2.45) is 0 Å². The Morgan fingerprint density at radius 1 is 0.679 bits per heavy atom. The maximum atomic E-state index is 6.60. The Morgan fingerprint density at radius 2 is 1.38 bits per heavy atom. The van der Waals surface area contributed by atoms with Crippen molar-refractivity contribution in [3.05, 3.63) is 131 Å². The molecule has 9 rings (SSSR count). The van der Waals surface area contributed by atoms with Crippen LogP contribution < -0.4 is 4.74 Å². The molecule has 7 aromatic rings. The van der Waals surface area contributed by atoms with Crippen molar-refractivity contribution < 1.29 is 25.8 Å². The van der Waals surface area contributed by atoms with Gasteiger partial charge in [0.15, 0.2) is 0 Å². The molecular weight excluding hydrogens is 868 g/mol. The first kappa shape index (κ1) is 38.4. The van der Waals surface area contributed by atoms with Gasteiger partial charge in [-0.05, 0) is 116 Å². The molecular formula is C50H52N4OPt. The molecule has 2 aliphatic carbocycles. The van der Waals surface area contributed by atoms with E-state index in [9.17, 15) is 0 Å². The summed E-state index contributed by atoms with van der Waals surface area (Å²) in [4.78, 5) is 4.75. The fourth-order valence-electron chi connectivity index (χ4n) is 9.72. The van der Waals surface area contributed by atoms with Crippen molar-refractivity contribution in [2.75, 3.05) is 0 Å². The molecule has 0 amide bonds. The molecule has 4 aromatic carbocycles. The Balaban J connectivity index is 0.00000441. The van der Waals surface area contributed by atoms with Crippen molar-refractivity contribution in [3.8, 4) is 34.1 Å². The average Bonchev–Trinajstić information content (AvgIpc) is 3.76. The Hall–Kier alpha value is -4.47. The van der Waals surface area contributed by atoms with E-state index in [2.05, 4.69) is 110 Å². The zero-order valence-electron chi connectivity index (χ0n) is 33.2. The molecule has 0 N–H and O–H groups in total. The molecule has 0 spiro atoms. The SMILES string of the molecule is CCc1nn(-c2[c-]c(Oc3[c-]c4c(cc3)c3ccccc3n4-c3cc(C)ccn3)ccc2)c(CC)c1-c1c(C2CCCCC2)cc(C)cc1C1CCCCC1.[Pt+2]. The molecule has 0 bridgehead atoms. The number of rotatable bonds is 9. The fourth-order valence-corrected chi connectivity index (χ4v) is 9.72. The summed E-state index contributed by atoms with van der Waals surface area (Å²) in [5, 5.41) is 7.70. The number of ether oxygens (including phenoxy) is 1.